The SMILES string of the molecule is CCC1(C)NC(=O)CN(c2cc(Br)ccc2OC)C1=O. The quantitative estimate of drug-likeness (QED) is 0.916. The Kier molecular flexibility index (Phi) is 4.04. The summed E-state index contributed by atoms with van der Waals surface area (Å²) < 4.78 is 6.12. The Hall–Kier alpha value is -1.56. The van der Waals surface area contributed by atoms with Gasteiger partial charge < -0.3 is 10.1 Å². The molecular formula is C14H17BrN2O3. The first-order valence-corrected chi connectivity index (χ1v) is 7.17. The molecule has 6 heteroatoms. The Bertz CT molecular complexity index is 561. The molecule has 1 fully saturated rings. The van der Waals surface area contributed by atoms with E-state index in [2.05, 4.69) is 21.2 Å². The minimum absolute atomic E-state index is 0.00123. The number of nitrogens with one attached hydrogen (secondary N) is 1. The second kappa shape index (κ2) is 5.44. The van der Waals surface area contributed by atoms with E-state index in [0.717, 1.165) is 4.47 Å². The van der Waals surface area contributed by atoms with E-state index in [4.69, 9.17) is 4.74 Å². The second-order valence-corrected chi connectivity index (χ2v) is 5.86. The second-order valence-electron chi connectivity index (χ2n) is 4.94. The molecule has 108 valence electrons. The van der Waals surface area contributed by atoms with Gasteiger partial charge in [-0.1, -0.05) is 22.9 Å². The molecule has 0 saturated carbocycles. The Morgan fingerprint density at radius 3 is 2.75 bits per heavy atom. The van der Waals surface area contributed by atoms with Crippen LogP contribution in [-0.4, -0.2) is 31.0 Å². The molecule has 0 aromatic heterocycles. The zero-order valence-electron chi connectivity index (χ0n) is 11.7. The van der Waals surface area contributed by atoms with Gasteiger partial charge in [-0.15, -0.1) is 0 Å². The third-order valence-electron chi connectivity index (χ3n) is 3.57. The van der Waals surface area contributed by atoms with E-state index in [1.807, 2.05) is 13.0 Å². The van der Waals surface area contributed by atoms with Gasteiger partial charge in [0.1, 0.15) is 17.8 Å². The molecule has 1 saturated heterocycles. The highest BCUT2D eigenvalue weighted by Crippen LogP contribution is 2.34. The van der Waals surface area contributed by atoms with Crippen molar-refractivity contribution in [3.05, 3.63) is 22.7 Å². The number of amides is 2. The summed E-state index contributed by atoms with van der Waals surface area (Å²) in [6, 6.07) is 5.38. The Balaban J connectivity index is 2.48. The highest BCUT2D eigenvalue weighted by Gasteiger charge is 2.42. The van der Waals surface area contributed by atoms with Gasteiger partial charge in [-0.3, -0.25) is 14.5 Å². The van der Waals surface area contributed by atoms with Gasteiger partial charge in [0, 0.05) is 4.47 Å². The Morgan fingerprint density at radius 2 is 2.15 bits per heavy atom. The lowest BCUT2D eigenvalue weighted by Gasteiger charge is -2.39. The lowest BCUT2D eigenvalue weighted by Crippen LogP contribution is -2.65. The molecule has 0 bridgehead atoms. The van der Waals surface area contributed by atoms with Crippen molar-refractivity contribution in [2.75, 3.05) is 18.6 Å². The summed E-state index contributed by atoms with van der Waals surface area (Å²) in [5.41, 5.74) is -0.274. The molecule has 20 heavy (non-hydrogen) atoms. The Morgan fingerprint density at radius 1 is 1.45 bits per heavy atom. The molecular weight excluding hydrogens is 324 g/mol. The number of hydrogen-bond acceptors (Lipinski definition) is 3. The van der Waals surface area contributed by atoms with Crippen LogP contribution in [0.15, 0.2) is 22.7 Å². The standard InChI is InChI=1S/C14H17BrN2O3/c1-4-14(2)13(19)17(8-12(18)16-14)10-7-9(15)5-6-11(10)20-3/h5-7H,4,8H2,1-3H3,(H,16,18). The van der Waals surface area contributed by atoms with Gasteiger partial charge in [-0.05, 0) is 31.5 Å². The molecule has 2 rings (SSSR count). The zero-order valence-corrected chi connectivity index (χ0v) is 13.3. The number of anilines is 1. The van der Waals surface area contributed by atoms with E-state index in [1.54, 1.807) is 26.2 Å². The van der Waals surface area contributed by atoms with E-state index in [1.165, 1.54) is 4.90 Å². The molecule has 1 aromatic rings. The van der Waals surface area contributed by atoms with Crippen LogP contribution in [0.4, 0.5) is 5.69 Å². The average molecular weight is 341 g/mol. The number of nitrogens with zero attached hydrogens (tertiary/aromatic N) is 1. The molecule has 1 aliphatic rings. The van der Waals surface area contributed by atoms with Crippen LogP contribution in [0.25, 0.3) is 0 Å². The van der Waals surface area contributed by atoms with E-state index in [0.29, 0.717) is 17.9 Å². The minimum Gasteiger partial charge on any atom is -0.495 e. The molecule has 0 radical (unpaired) electrons. The summed E-state index contributed by atoms with van der Waals surface area (Å²) in [6.45, 7) is 3.62. The fraction of sp³-hybridized carbons (Fsp3) is 0.429. The number of benzene rings is 1. The summed E-state index contributed by atoms with van der Waals surface area (Å²) in [4.78, 5) is 26.0. The molecule has 0 spiro atoms. The monoisotopic (exact) mass is 340 g/mol. The summed E-state index contributed by atoms with van der Waals surface area (Å²) in [7, 11) is 1.54. The first-order chi connectivity index (χ1) is 9.41. The van der Waals surface area contributed by atoms with Gasteiger partial charge >= 0.3 is 0 Å². The number of piperazine rings is 1. The topological polar surface area (TPSA) is 58.6 Å². The number of methoxy groups -OCH3 is 1. The number of ether oxygens (including phenoxy) is 1. The maximum atomic E-state index is 12.6. The highest BCUT2D eigenvalue weighted by atomic mass is 79.9. The summed E-state index contributed by atoms with van der Waals surface area (Å²) in [5.74, 6) is 0.265. The molecule has 1 aliphatic heterocycles. The molecule has 1 heterocycles. The van der Waals surface area contributed by atoms with Crippen molar-refractivity contribution in [3.8, 4) is 5.75 Å². The first kappa shape index (κ1) is 14.8. The smallest absolute Gasteiger partial charge is 0.253 e. The molecule has 2 amide bonds. The molecule has 0 aliphatic carbocycles. The number of hydrogen-bond donors (Lipinski definition) is 1. The predicted octanol–water partition coefficient (Wildman–Crippen LogP) is 2.09. The van der Waals surface area contributed by atoms with Crippen LogP contribution in [0.2, 0.25) is 0 Å². The highest BCUT2D eigenvalue weighted by molar-refractivity contribution is 9.10. The van der Waals surface area contributed by atoms with Crippen molar-refractivity contribution in [2.45, 2.75) is 25.8 Å². The van der Waals surface area contributed by atoms with Crippen molar-refractivity contribution < 1.29 is 14.3 Å². The molecule has 1 N–H and O–H groups in total. The minimum atomic E-state index is -0.872. The van der Waals surface area contributed by atoms with E-state index in [-0.39, 0.29) is 18.4 Å². The predicted molar refractivity (Wildman–Crippen MR) is 79.9 cm³/mol. The number of carbonyl (C=O) groups is 2. The third-order valence-corrected chi connectivity index (χ3v) is 4.07. The number of halogens is 1. The van der Waals surface area contributed by atoms with Gasteiger partial charge in [-0.2, -0.15) is 0 Å². The van der Waals surface area contributed by atoms with Crippen molar-refractivity contribution in [2.24, 2.45) is 0 Å². The van der Waals surface area contributed by atoms with Crippen LogP contribution >= 0.6 is 15.9 Å². The van der Waals surface area contributed by atoms with Crippen LogP contribution in [0, 0.1) is 0 Å². The number of rotatable bonds is 3. The largest absolute Gasteiger partial charge is 0.495 e. The summed E-state index contributed by atoms with van der Waals surface area (Å²) in [6.07, 6.45) is 0.532. The maximum Gasteiger partial charge on any atom is 0.253 e. The van der Waals surface area contributed by atoms with Crippen molar-refractivity contribution >= 4 is 33.4 Å². The summed E-state index contributed by atoms with van der Waals surface area (Å²) in [5, 5.41) is 2.76. The van der Waals surface area contributed by atoms with Gasteiger partial charge in [0.2, 0.25) is 5.91 Å². The van der Waals surface area contributed by atoms with Crippen LogP contribution < -0.4 is 15.0 Å². The van der Waals surface area contributed by atoms with Crippen LogP contribution in [-0.2, 0) is 9.59 Å². The zero-order chi connectivity index (χ0) is 14.9. The van der Waals surface area contributed by atoms with Crippen LogP contribution in [0.3, 0.4) is 0 Å². The first-order valence-electron chi connectivity index (χ1n) is 6.38. The normalized spacial score (nSPS) is 22.7. The lowest BCUT2D eigenvalue weighted by molar-refractivity contribution is -0.135. The van der Waals surface area contributed by atoms with Crippen LogP contribution in [0.5, 0.6) is 5.75 Å². The fourth-order valence-electron chi connectivity index (χ4n) is 2.22. The van der Waals surface area contributed by atoms with Gasteiger partial charge in [0.05, 0.1) is 12.8 Å². The van der Waals surface area contributed by atoms with Gasteiger partial charge in [-0.25, -0.2) is 0 Å². The van der Waals surface area contributed by atoms with E-state index >= 15 is 0 Å². The lowest BCUT2D eigenvalue weighted by atomic mass is 9.94. The van der Waals surface area contributed by atoms with Gasteiger partial charge in [0.15, 0.2) is 0 Å². The van der Waals surface area contributed by atoms with Crippen molar-refractivity contribution in [1.29, 1.82) is 0 Å². The van der Waals surface area contributed by atoms with Crippen molar-refractivity contribution in [1.82, 2.24) is 5.32 Å². The van der Waals surface area contributed by atoms with Crippen molar-refractivity contribution in [3.63, 3.8) is 0 Å². The molecule has 1 atom stereocenters. The summed E-state index contributed by atoms with van der Waals surface area (Å²) >= 11 is 3.38. The van der Waals surface area contributed by atoms with Gasteiger partial charge in [0.25, 0.3) is 5.91 Å². The number of carbonyl (C=O) groups excluding carboxylic acids is 2. The molecule has 1 aromatic carbocycles. The third kappa shape index (κ3) is 2.52. The van der Waals surface area contributed by atoms with E-state index in [9.17, 15) is 9.59 Å². The Labute approximate surface area is 126 Å². The van der Waals surface area contributed by atoms with Crippen LogP contribution in [0.1, 0.15) is 20.3 Å². The fourth-order valence-corrected chi connectivity index (χ4v) is 2.57. The molecule has 1 unspecified atom stereocenters. The maximum absolute atomic E-state index is 12.6. The molecule has 5 nitrogen and oxygen atoms in total. The average Bonchev–Trinajstić information content (AvgIpc) is 2.42. The van der Waals surface area contributed by atoms with E-state index < -0.39 is 5.54 Å².